The molecule has 33 heavy (non-hydrogen) atoms. The molecule has 1 aliphatic carbocycles. The van der Waals surface area contributed by atoms with E-state index in [2.05, 4.69) is 20.8 Å². The van der Waals surface area contributed by atoms with E-state index in [0.717, 1.165) is 36.1 Å². The second-order valence-electron chi connectivity index (χ2n) is 9.88. The minimum atomic E-state index is -0.590. The lowest BCUT2D eigenvalue weighted by Crippen LogP contribution is -2.39. The van der Waals surface area contributed by atoms with Gasteiger partial charge in [-0.15, -0.1) is 0 Å². The van der Waals surface area contributed by atoms with Crippen molar-refractivity contribution in [2.45, 2.75) is 65.2 Å². The quantitative estimate of drug-likeness (QED) is 0.601. The molecule has 7 nitrogen and oxygen atoms in total. The van der Waals surface area contributed by atoms with Crippen LogP contribution in [0.1, 0.15) is 62.5 Å². The molecule has 1 aliphatic heterocycles. The number of aromatic nitrogens is 1. The highest BCUT2D eigenvalue weighted by Gasteiger charge is 2.36. The Morgan fingerprint density at radius 2 is 1.82 bits per heavy atom. The molecule has 7 heteroatoms. The number of esters is 1. The number of hydrogen-bond donors (Lipinski definition) is 0. The van der Waals surface area contributed by atoms with Gasteiger partial charge in [-0.3, -0.25) is 4.79 Å². The molecule has 1 aromatic carbocycles. The highest BCUT2D eigenvalue weighted by molar-refractivity contribution is 5.89. The van der Waals surface area contributed by atoms with Crippen molar-refractivity contribution in [2.75, 3.05) is 20.8 Å². The number of pyridine rings is 1. The second kappa shape index (κ2) is 8.86. The highest BCUT2D eigenvalue weighted by Crippen LogP contribution is 2.46. The molecule has 1 saturated carbocycles. The number of fused-ring (bicyclic) bond motifs is 3. The molecule has 0 amide bonds. The Hall–Kier alpha value is -2.80. The van der Waals surface area contributed by atoms with Crippen LogP contribution in [0, 0.1) is 5.41 Å². The fraction of sp³-hybridized carbons (Fsp3) is 0.538. The molecule has 0 saturated heterocycles. The highest BCUT2D eigenvalue weighted by atomic mass is 16.5. The molecule has 4 rings (SSSR count). The molecular formula is C26H33NO6. The standard InChI is InChI=1S/C26H33NO6/c1-7-32-25(29)19-14-27-20(13-21(19)28)18-12-22(31-6)23(33-17-10-16(11-17)30-5)8-15(18)9-24(27)26(2,3)4/h8,12-14,16-17,24H,7,9-11H2,1-6H3. The predicted molar refractivity (Wildman–Crippen MR) is 125 cm³/mol. The van der Waals surface area contributed by atoms with Crippen molar-refractivity contribution in [2.24, 2.45) is 5.41 Å². The number of carbonyl (C=O) groups is 1. The number of carbonyl (C=O) groups excluding carboxylic acids is 1. The maximum atomic E-state index is 12.9. The molecule has 2 aromatic rings. The van der Waals surface area contributed by atoms with Gasteiger partial charge in [-0.05, 0) is 36.5 Å². The molecule has 1 unspecified atom stereocenters. The van der Waals surface area contributed by atoms with Gasteiger partial charge < -0.3 is 23.5 Å². The van der Waals surface area contributed by atoms with E-state index in [0.29, 0.717) is 11.5 Å². The number of nitrogens with zero attached hydrogens (tertiary/aromatic N) is 1. The third-order valence-electron chi connectivity index (χ3n) is 6.67. The number of methoxy groups -OCH3 is 2. The minimum Gasteiger partial charge on any atom is -0.493 e. The Balaban J connectivity index is 1.80. The van der Waals surface area contributed by atoms with Crippen LogP contribution in [0.15, 0.2) is 29.2 Å². The Morgan fingerprint density at radius 3 is 2.42 bits per heavy atom. The van der Waals surface area contributed by atoms with Gasteiger partial charge >= 0.3 is 5.97 Å². The topological polar surface area (TPSA) is 76.0 Å². The van der Waals surface area contributed by atoms with Crippen LogP contribution < -0.4 is 14.9 Å². The summed E-state index contributed by atoms with van der Waals surface area (Å²) in [6, 6.07) is 5.56. The summed E-state index contributed by atoms with van der Waals surface area (Å²) in [6.07, 6.45) is 4.46. The Kier molecular flexibility index (Phi) is 6.27. The van der Waals surface area contributed by atoms with Crippen LogP contribution in [0.3, 0.4) is 0 Å². The summed E-state index contributed by atoms with van der Waals surface area (Å²) in [7, 11) is 3.34. The van der Waals surface area contributed by atoms with Crippen molar-refractivity contribution in [3.05, 3.63) is 45.7 Å². The van der Waals surface area contributed by atoms with E-state index in [1.807, 2.05) is 16.7 Å². The predicted octanol–water partition coefficient (Wildman–Crippen LogP) is 4.40. The summed E-state index contributed by atoms with van der Waals surface area (Å²) in [5.41, 5.74) is 2.37. The first-order chi connectivity index (χ1) is 15.7. The van der Waals surface area contributed by atoms with Crippen LogP contribution in [0.25, 0.3) is 11.3 Å². The first-order valence-corrected chi connectivity index (χ1v) is 11.5. The Bertz CT molecular complexity index is 1110. The molecule has 2 heterocycles. The third kappa shape index (κ3) is 4.38. The van der Waals surface area contributed by atoms with E-state index in [1.54, 1.807) is 27.3 Å². The second-order valence-corrected chi connectivity index (χ2v) is 9.88. The summed E-state index contributed by atoms with van der Waals surface area (Å²) in [6.45, 7) is 8.43. The maximum Gasteiger partial charge on any atom is 0.343 e. The first-order valence-electron chi connectivity index (χ1n) is 11.5. The van der Waals surface area contributed by atoms with Gasteiger partial charge in [0, 0.05) is 43.8 Å². The normalized spacial score (nSPS) is 21.5. The van der Waals surface area contributed by atoms with Crippen molar-refractivity contribution >= 4 is 5.97 Å². The van der Waals surface area contributed by atoms with Gasteiger partial charge in [-0.25, -0.2) is 4.79 Å². The lowest BCUT2D eigenvalue weighted by Gasteiger charge is -2.39. The maximum absolute atomic E-state index is 12.9. The number of rotatable bonds is 6. The molecule has 0 radical (unpaired) electrons. The smallest absolute Gasteiger partial charge is 0.343 e. The molecule has 0 N–H and O–H groups in total. The van der Waals surface area contributed by atoms with Crippen molar-refractivity contribution < 1.29 is 23.7 Å². The van der Waals surface area contributed by atoms with Crippen LogP contribution >= 0.6 is 0 Å². The van der Waals surface area contributed by atoms with E-state index in [4.69, 9.17) is 18.9 Å². The largest absolute Gasteiger partial charge is 0.493 e. The fourth-order valence-corrected chi connectivity index (χ4v) is 4.66. The SMILES string of the molecule is CCOC(=O)c1cn2c(cc1=O)-c1cc(OC)c(OC3CC(OC)C3)cc1CC2C(C)(C)C. The van der Waals surface area contributed by atoms with Gasteiger partial charge in [-0.1, -0.05) is 20.8 Å². The summed E-state index contributed by atoms with van der Waals surface area (Å²) >= 11 is 0. The van der Waals surface area contributed by atoms with Crippen LogP contribution in [0.4, 0.5) is 0 Å². The van der Waals surface area contributed by atoms with E-state index in [-0.39, 0.29) is 41.3 Å². The Labute approximate surface area is 194 Å². The molecule has 2 aliphatic rings. The average Bonchev–Trinajstić information content (AvgIpc) is 2.73. The van der Waals surface area contributed by atoms with Crippen LogP contribution in [0.5, 0.6) is 11.5 Å². The van der Waals surface area contributed by atoms with Gasteiger partial charge in [0.2, 0.25) is 0 Å². The zero-order valence-corrected chi connectivity index (χ0v) is 20.3. The molecule has 178 valence electrons. The van der Waals surface area contributed by atoms with E-state index >= 15 is 0 Å². The lowest BCUT2D eigenvalue weighted by atomic mass is 9.78. The van der Waals surface area contributed by atoms with Crippen LogP contribution in [-0.4, -0.2) is 43.6 Å². The van der Waals surface area contributed by atoms with Gasteiger partial charge in [-0.2, -0.15) is 0 Å². The van der Waals surface area contributed by atoms with Crippen molar-refractivity contribution in [1.82, 2.24) is 4.57 Å². The summed E-state index contributed by atoms with van der Waals surface area (Å²) < 4.78 is 24.4. The summed E-state index contributed by atoms with van der Waals surface area (Å²) in [4.78, 5) is 25.3. The lowest BCUT2D eigenvalue weighted by molar-refractivity contribution is -0.0388. The molecular weight excluding hydrogens is 422 g/mol. The van der Waals surface area contributed by atoms with Crippen molar-refractivity contribution in [1.29, 1.82) is 0 Å². The molecule has 0 bridgehead atoms. The monoisotopic (exact) mass is 455 g/mol. The van der Waals surface area contributed by atoms with Crippen molar-refractivity contribution in [3.8, 4) is 22.8 Å². The average molecular weight is 456 g/mol. The number of hydrogen-bond acceptors (Lipinski definition) is 6. The summed E-state index contributed by atoms with van der Waals surface area (Å²) in [5.74, 6) is 0.743. The molecule has 0 spiro atoms. The molecule has 1 atom stereocenters. The van der Waals surface area contributed by atoms with Crippen LogP contribution in [-0.2, 0) is 15.9 Å². The van der Waals surface area contributed by atoms with Gasteiger partial charge in [0.25, 0.3) is 0 Å². The minimum absolute atomic E-state index is 0.0385. The molecule has 1 fully saturated rings. The van der Waals surface area contributed by atoms with Crippen molar-refractivity contribution in [3.63, 3.8) is 0 Å². The zero-order chi connectivity index (χ0) is 23.9. The summed E-state index contributed by atoms with van der Waals surface area (Å²) in [5, 5.41) is 0. The fourth-order valence-electron chi connectivity index (χ4n) is 4.66. The van der Waals surface area contributed by atoms with Gasteiger partial charge in [0.1, 0.15) is 11.7 Å². The van der Waals surface area contributed by atoms with E-state index in [1.165, 1.54) is 6.07 Å². The zero-order valence-electron chi connectivity index (χ0n) is 20.3. The van der Waals surface area contributed by atoms with Crippen LogP contribution in [0.2, 0.25) is 0 Å². The first kappa shape index (κ1) is 23.4. The van der Waals surface area contributed by atoms with Gasteiger partial charge in [0.15, 0.2) is 16.9 Å². The molecule has 1 aromatic heterocycles. The third-order valence-corrected chi connectivity index (χ3v) is 6.67. The van der Waals surface area contributed by atoms with Gasteiger partial charge in [0.05, 0.1) is 25.5 Å². The Morgan fingerprint density at radius 1 is 1.09 bits per heavy atom. The van der Waals surface area contributed by atoms with E-state index < -0.39 is 5.97 Å². The number of benzene rings is 1. The van der Waals surface area contributed by atoms with E-state index in [9.17, 15) is 9.59 Å². The number of ether oxygens (including phenoxy) is 4.